The minimum absolute atomic E-state index is 0.154. The van der Waals surface area contributed by atoms with Crippen LogP contribution >= 0.6 is 15.9 Å². The molecule has 16 heavy (non-hydrogen) atoms. The Morgan fingerprint density at radius 3 is 2.50 bits per heavy atom. The Balaban J connectivity index is 2.31. The third-order valence-corrected chi connectivity index (χ3v) is 2.53. The van der Waals surface area contributed by atoms with Crippen LogP contribution in [0.15, 0.2) is 46.9 Å². The van der Waals surface area contributed by atoms with E-state index in [-0.39, 0.29) is 5.75 Å². The van der Waals surface area contributed by atoms with Crippen molar-refractivity contribution in [1.29, 1.82) is 0 Å². The summed E-state index contributed by atoms with van der Waals surface area (Å²) in [6.07, 6.45) is 0. The molecule has 0 radical (unpaired) electrons. The van der Waals surface area contributed by atoms with Gasteiger partial charge in [-0.15, -0.1) is 0 Å². The molecule has 0 unspecified atom stereocenters. The van der Waals surface area contributed by atoms with Crippen molar-refractivity contribution in [3.8, 4) is 11.5 Å². The van der Waals surface area contributed by atoms with Crippen LogP contribution in [-0.4, -0.2) is 0 Å². The van der Waals surface area contributed by atoms with Gasteiger partial charge in [-0.2, -0.15) is 0 Å². The zero-order chi connectivity index (χ0) is 11.5. The summed E-state index contributed by atoms with van der Waals surface area (Å²) < 4.78 is 19.5. The minimum atomic E-state index is -0.433. The van der Waals surface area contributed by atoms with Gasteiger partial charge in [0.05, 0.1) is 5.69 Å². The zero-order valence-corrected chi connectivity index (χ0v) is 9.87. The number of halogens is 2. The molecular formula is C12H9BrFNO. The molecule has 0 aromatic heterocycles. The largest absolute Gasteiger partial charge is 0.452 e. The van der Waals surface area contributed by atoms with Gasteiger partial charge in [-0.05, 0) is 30.3 Å². The lowest BCUT2D eigenvalue weighted by Gasteiger charge is -2.08. The highest BCUT2D eigenvalue weighted by Gasteiger charge is 2.06. The fourth-order valence-electron chi connectivity index (χ4n) is 1.25. The summed E-state index contributed by atoms with van der Waals surface area (Å²) in [6, 6.07) is 11.6. The molecule has 0 aliphatic carbocycles. The number of hydrogen-bond donors (Lipinski definition) is 1. The molecule has 0 saturated heterocycles. The predicted molar refractivity (Wildman–Crippen MR) is 65.0 cm³/mol. The summed E-state index contributed by atoms with van der Waals surface area (Å²) in [6.45, 7) is 0. The van der Waals surface area contributed by atoms with Crippen LogP contribution in [0, 0.1) is 5.82 Å². The molecule has 0 aliphatic heterocycles. The first-order chi connectivity index (χ1) is 7.66. The highest BCUT2D eigenvalue weighted by molar-refractivity contribution is 9.10. The molecular weight excluding hydrogens is 273 g/mol. The smallest absolute Gasteiger partial charge is 0.166 e. The SMILES string of the molecule is Nc1ccccc1Oc1ccc(Br)cc1F. The Kier molecular flexibility index (Phi) is 3.10. The van der Waals surface area contributed by atoms with Gasteiger partial charge in [-0.1, -0.05) is 28.1 Å². The van der Waals surface area contributed by atoms with Crippen LogP contribution in [0.25, 0.3) is 0 Å². The maximum Gasteiger partial charge on any atom is 0.166 e. The first-order valence-electron chi connectivity index (χ1n) is 4.64. The third kappa shape index (κ3) is 2.33. The minimum Gasteiger partial charge on any atom is -0.452 e. The van der Waals surface area contributed by atoms with Gasteiger partial charge >= 0.3 is 0 Å². The Morgan fingerprint density at radius 1 is 1.06 bits per heavy atom. The van der Waals surface area contributed by atoms with E-state index in [4.69, 9.17) is 10.5 Å². The Labute approximate surface area is 101 Å². The van der Waals surface area contributed by atoms with E-state index in [0.717, 1.165) is 0 Å². The Morgan fingerprint density at radius 2 is 1.81 bits per heavy atom. The van der Waals surface area contributed by atoms with Crippen molar-refractivity contribution in [3.63, 3.8) is 0 Å². The van der Waals surface area contributed by atoms with Gasteiger partial charge in [0.25, 0.3) is 0 Å². The van der Waals surface area contributed by atoms with Crippen molar-refractivity contribution >= 4 is 21.6 Å². The standard InChI is InChI=1S/C12H9BrFNO/c13-8-5-6-11(9(14)7-8)16-12-4-2-1-3-10(12)15/h1-7H,15H2. The van der Waals surface area contributed by atoms with Crippen molar-refractivity contribution in [3.05, 3.63) is 52.8 Å². The number of anilines is 1. The average molecular weight is 282 g/mol. The summed E-state index contributed by atoms with van der Waals surface area (Å²) in [5, 5.41) is 0. The lowest BCUT2D eigenvalue weighted by atomic mass is 10.3. The van der Waals surface area contributed by atoms with Crippen LogP contribution in [0.2, 0.25) is 0 Å². The van der Waals surface area contributed by atoms with Crippen LogP contribution < -0.4 is 10.5 Å². The number of nitrogens with two attached hydrogens (primary N) is 1. The van der Waals surface area contributed by atoms with Gasteiger partial charge in [0.15, 0.2) is 11.6 Å². The number of ether oxygens (including phenoxy) is 1. The number of hydrogen-bond acceptors (Lipinski definition) is 2. The van der Waals surface area contributed by atoms with E-state index in [1.807, 2.05) is 0 Å². The molecule has 2 aromatic rings. The number of rotatable bonds is 2. The summed E-state index contributed by atoms with van der Waals surface area (Å²) in [4.78, 5) is 0. The molecule has 2 rings (SSSR count). The van der Waals surface area contributed by atoms with Gasteiger partial charge < -0.3 is 10.5 Å². The topological polar surface area (TPSA) is 35.2 Å². The first kappa shape index (κ1) is 11.0. The predicted octanol–water partition coefficient (Wildman–Crippen LogP) is 3.96. The molecule has 0 amide bonds. The fraction of sp³-hybridized carbons (Fsp3) is 0. The Bertz CT molecular complexity index is 516. The Hall–Kier alpha value is -1.55. The summed E-state index contributed by atoms with van der Waals surface area (Å²) in [5.74, 6) is 0.169. The van der Waals surface area contributed by atoms with Crippen LogP contribution in [0.4, 0.5) is 10.1 Å². The molecule has 0 saturated carbocycles. The van der Waals surface area contributed by atoms with Gasteiger partial charge in [0.2, 0.25) is 0 Å². The van der Waals surface area contributed by atoms with Crippen molar-refractivity contribution in [2.75, 3.05) is 5.73 Å². The van der Waals surface area contributed by atoms with E-state index >= 15 is 0 Å². The second-order valence-corrected chi connectivity index (χ2v) is 4.13. The molecule has 2 nitrogen and oxygen atoms in total. The normalized spacial score (nSPS) is 10.1. The van der Waals surface area contributed by atoms with Gasteiger partial charge in [-0.3, -0.25) is 0 Å². The molecule has 82 valence electrons. The molecule has 0 fully saturated rings. The fourth-order valence-corrected chi connectivity index (χ4v) is 1.58. The molecule has 0 bridgehead atoms. The summed E-state index contributed by atoms with van der Waals surface area (Å²) in [5.41, 5.74) is 6.17. The highest BCUT2D eigenvalue weighted by atomic mass is 79.9. The molecule has 0 spiro atoms. The van der Waals surface area contributed by atoms with Crippen LogP contribution in [0.3, 0.4) is 0 Å². The lowest BCUT2D eigenvalue weighted by Crippen LogP contribution is -1.93. The number of nitrogen functional groups attached to an aromatic ring is 1. The zero-order valence-electron chi connectivity index (χ0n) is 8.28. The molecule has 2 aromatic carbocycles. The second kappa shape index (κ2) is 4.53. The third-order valence-electron chi connectivity index (χ3n) is 2.03. The van der Waals surface area contributed by atoms with E-state index in [1.54, 1.807) is 36.4 Å². The summed E-state index contributed by atoms with van der Waals surface area (Å²) >= 11 is 3.18. The number of para-hydroxylation sites is 2. The lowest BCUT2D eigenvalue weighted by molar-refractivity contribution is 0.444. The molecule has 4 heteroatoms. The quantitative estimate of drug-likeness (QED) is 0.846. The van der Waals surface area contributed by atoms with Crippen molar-refractivity contribution in [2.24, 2.45) is 0 Å². The maximum absolute atomic E-state index is 13.5. The van der Waals surface area contributed by atoms with Crippen LogP contribution in [0.1, 0.15) is 0 Å². The average Bonchev–Trinajstić information content (AvgIpc) is 2.25. The van der Waals surface area contributed by atoms with E-state index in [1.165, 1.54) is 6.07 Å². The molecule has 0 heterocycles. The maximum atomic E-state index is 13.5. The monoisotopic (exact) mass is 281 g/mol. The van der Waals surface area contributed by atoms with E-state index in [2.05, 4.69) is 15.9 Å². The van der Waals surface area contributed by atoms with Crippen molar-refractivity contribution < 1.29 is 9.13 Å². The first-order valence-corrected chi connectivity index (χ1v) is 5.43. The van der Waals surface area contributed by atoms with Gasteiger partial charge in [0.1, 0.15) is 5.75 Å². The second-order valence-electron chi connectivity index (χ2n) is 3.21. The molecule has 0 aliphatic rings. The molecule has 0 atom stereocenters. The van der Waals surface area contributed by atoms with Crippen molar-refractivity contribution in [2.45, 2.75) is 0 Å². The van der Waals surface area contributed by atoms with Gasteiger partial charge in [0, 0.05) is 4.47 Å². The van der Waals surface area contributed by atoms with Crippen molar-refractivity contribution in [1.82, 2.24) is 0 Å². The molecule has 2 N–H and O–H groups in total. The van der Waals surface area contributed by atoms with Gasteiger partial charge in [-0.25, -0.2) is 4.39 Å². The van der Waals surface area contributed by atoms with Crippen LogP contribution in [0.5, 0.6) is 11.5 Å². The van der Waals surface area contributed by atoms with E-state index in [9.17, 15) is 4.39 Å². The highest BCUT2D eigenvalue weighted by Crippen LogP contribution is 2.29. The number of benzene rings is 2. The van der Waals surface area contributed by atoms with E-state index < -0.39 is 5.82 Å². The summed E-state index contributed by atoms with van der Waals surface area (Å²) in [7, 11) is 0. The van der Waals surface area contributed by atoms with Crippen LogP contribution in [-0.2, 0) is 0 Å². The van der Waals surface area contributed by atoms with E-state index in [0.29, 0.717) is 15.9 Å².